The lowest BCUT2D eigenvalue weighted by Crippen LogP contribution is -1.93. The van der Waals surface area contributed by atoms with Gasteiger partial charge in [-0.2, -0.15) is 0 Å². The van der Waals surface area contributed by atoms with Gasteiger partial charge in [0.05, 0.1) is 0 Å². The first-order valence-electron chi connectivity index (χ1n) is 7.25. The summed E-state index contributed by atoms with van der Waals surface area (Å²) in [6.45, 7) is 16.3. The molecule has 0 heteroatoms. The van der Waals surface area contributed by atoms with Crippen molar-refractivity contribution in [2.75, 3.05) is 0 Å². The summed E-state index contributed by atoms with van der Waals surface area (Å²) in [6.07, 6.45) is 11.5. The molecule has 0 bridgehead atoms. The van der Waals surface area contributed by atoms with Crippen molar-refractivity contribution in [3.05, 3.63) is 36.0 Å². The van der Waals surface area contributed by atoms with E-state index in [0.29, 0.717) is 0 Å². The van der Waals surface area contributed by atoms with Gasteiger partial charge in [0.25, 0.3) is 0 Å². The van der Waals surface area contributed by atoms with Crippen molar-refractivity contribution in [1.29, 1.82) is 0 Å². The van der Waals surface area contributed by atoms with Crippen molar-refractivity contribution in [1.82, 2.24) is 0 Å². The van der Waals surface area contributed by atoms with Gasteiger partial charge in [0.2, 0.25) is 0 Å². The first kappa shape index (κ1) is 18.6. The molecule has 1 rings (SSSR count). The van der Waals surface area contributed by atoms with E-state index < -0.39 is 0 Å². The summed E-state index contributed by atoms with van der Waals surface area (Å²) in [4.78, 5) is 0. The summed E-state index contributed by atoms with van der Waals surface area (Å²) in [5.74, 6) is 0.837. The van der Waals surface area contributed by atoms with E-state index in [4.69, 9.17) is 0 Å². The average Bonchev–Trinajstić information content (AvgIpc) is 2.56. The topological polar surface area (TPSA) is 0 Å². The van der Waals surface area contributed by atoms with Crippen molar-refractivity contribution in [3.8, 4) is 0 Å². The summed E-state index contributed by atoms with van der Waals surface area (Å²) >= 11 is 0. The molecule has 0 aromatic heterocycles. The smallest absolute Gasteiger partial charge is 0.0250 e. The van der Waals surface area contributed by atoms with Gasteiger partial charge in [0.15, 0.2) is 0 Å². The second-order valence-electron chi connectivity index (χ2n) is 3.94. The Bertz CT molecular complexity index is 230. The van der Waals surface area contributed by atoms with Gasteiger partial charge in [-0.3, -0.25) is 0 Å². The third-order valence-corrected chi connectivity index (χ3v) is 2.79. The molecule has 100 valence electrons. The third kappa shape index (κ3) is 8.01. The fourth-order valence-electron chi connectivity index (χ4n) is 2.06. The molecule has 17 heavy (non-hydrogen) atoms. The molecule has 1 aliphatic carbocycles. The fraction of sp³-hybridized carbons (Fsp3) is 0.647. The van der Waals surface area contributed by atoms with Gasteiger partial charge in [-0.15, -0.1) is 0 Å². The maximum absolute atomic E-state index is 3.78. The molecular formula is C17H32. The molecule has 1 fully saturated rings. The molecule has 0 aromatic carbocycles. The van der Waals surface area contributed by atoms with Crippen LogP contribution in [0.5, 0.6) is 0 Å². The van der Waals surface area contributed by atoms with Crippen LogP contribution < -0.4 is 0 Å². The highest BCUT2D eigenvalue weighted by Crippen LogP contribution is 2.30. The maximum Gasteiger partial charge on any atom is -0.0250 e. The van der Waals surface area contributed by atoms with Gasteiger partial charge in [-0.05, 0) is 43.3 Å². The second-order valence-corrected chi connectivity index (χ2v) is 3.94. The van der Waals surface area contributed by atoms with Crippen LogP contribution in [0.4, 0.5) is 0 Å². The lowest BCUT2D eigenvalue weighted by molar-refractivity contribution is 0.531. The van der Waals surface area contributed by atoms with Crippen LogP contribution in [-0.4, -0.2) is 0 Å². The monoisotopic (exact) mass is 236 g/mol. The molecule has 1 saturated carbocycles. The lowest BCUT2D eigenvalue weighted by atomic mass is 9.97. The maximum atomic E-state index is 3.78. The van der Waals surface area contributed by atoms with E-state index in [1.165, 1.54) is 36.8 Å². The van der Waals surface area contributed by atoms with Crippen molar-refractivity contribution in [3.63, 3.8) is 0 Å². The van der Waals surface area contributed by atoms with Gasteiger partial charge in [-0.1, -0.05) is 65.8 Å². The quantitative estimate of drug-likeness (QED) is 0.468. The van der Waals surface area contributed by atoms with Crippen molar-refractivity contribution in [2.24, 2.45) is 5.92 Å². The Morgan fingerprint density at radius 3 is 2.18 bits per heavy atom. The molecule has 0 saturated heterocycles. The van der Waals surface area contributed by atoms with E-state index in [-0.39, 0.29) is 0 Å². The van der Waals surface area contributed by atoms with Gasteiger partial charge >= 0.3 is 0 Å². The number of hydrogen-bond donors (Lipinski definition) is 0. The Balaban J connectivity index is 0. The molecule has 0 spiro atoms. The molecule has 0 N–H and O–H groups in total. The molecule has 1 unspecified atom stereocenters. The van der Waals surface area contributed by atoms with Crippen LogP contribution in [0.2, 0.25) is 0 Å². The van der Waals surface area contributed by atoms with Crippen LogP contribution in [-0.2, 0) is 0 Å². The zero-order valence-electron chi connectivity index (χ0n) is 12.8. The number of rotatable bonds is 1. The average molecular weight is 236 g/mol. The van der Waals surface area contributed by atoms with E-state index in [2.05, 4.69) is 32.6 Å². The van der Waals surface area contributed by atoms with Crippen molar-refractivity contribution in [2.45, 2.75) is 67.2 Å². The van der Waals surface area contributed by atoms with E-state index in [1.807, 2.05) is 33.8 Å². The van der Waals surface area contributed by atoms with Crippen LogP contribution in [0.3, 0.4) is 0 Å². The first-order chi connectivity index (χ1) is 8.27. The minimum absolute atomic E-state index is 0.837. The van der Waals surface area contributed by atoms with Crippen LogP contribution in [0, 0.1) is 5.92 Å². The normalized spacial score (nSPS) is 24.0. The summed E-state index contributed by atoms with van der Waals surface area (Å²) < 4.78 is 0. The highest BCUT2D eigenvalue weighted by Gasteiger charge is 2.13. The second kappa shape index (κ2) is 13.3. The van der Waals surface area contributed by atoms with Gasteiger partial charge in [0.1, 0.15) is 0 Å². The van der Waals surface area contributed by atoms with E-state index >= 15 is 0 Å². The first-order valence-corrected chi connectivity index (χ1v) is 7.25. The number of allylic oxidation sites excluding steroid dienone is 5. The molecule has 0 heterocycles. The molecule has 1 atom stereocenters. The highest BCUT2D eigenvalue weighted by molar-refractivity contribution is 5.34. The minimum Gasteiger partial charge on any atom is -0.0991 e. The van der Waals surface area contributed by atoms with Gasteiger partial charge < -0.3 is 0 Å². The summed E-state index contributed by atoms with van der Waals surface area (Å²) in [5, 5.41) is 0. The summed E-state index contributed by atoms with van der Waals surface area (Å²) in [7, 11) is 0. The molecule has 0 amide bonds. The zero-order valence-corrected chi connectivity index (χ0v) is 12.8. The predicted molar refractivity (Wildman–Crippen MR) is 82.4 cm³/mol. The van der Waals surface area contributed by atoms with E-state index in [1.54, 1.807) is 0 Å². The Kier molecular flexibility index (Phi) is 14.5. The Morgan fingerprint density at radius 1 is 1.12 bits per heavy atom. The third-order valence-electron chi connectivity index (χ3n) is 2.79. The molecule has 0 radical (unpaired) electrons. The Labute approximate surface area is 110 Å². The van der Waals surface area contributed by atoms with Gasteiger partial charge in [-0.25, -0.2) is 0 Å². The fourth-order valence-corrected chi connectivity index (χ4v) is 2.06. The highest BCUT2D eigenvalue weighted by atomic mass is 14.2. The molecular weight excluding hydrogens is 204 g/mol. The van der Waals surface area contributed by atoms with Crippen LogP contribution in [0.15, 0.2) is 36.0 Å². The summed E-state index contributed by atoms with van der Waals surface area (Å²) in [6, 6.07) is 0. The van der Waals surface area contributed by atoms with E-state index in [0.717, 1.165) is 5.92 Å². The van der Waals surface area contributed by atoms with Crippen LogP contribution in [0.1, 0.15) is 67.2 Å². The Hall–Kier alpha value is -0.780. The summed E-state index contributed by atoms with van der Waals surface area (Å²) in [5.41, 5.74) is 3.03. The standard InChI is InChI=1S/C13H20.2C2H6/c1-4-7-13-10-11(3)8-6-9-12(13)5-2;2*1-2/h4-5,7,11H,1,6,8-10H2,2-3H3;2*1-2H3/b12-5-,13-7-;;. The van der Waals surface area contributed by atoms with Crippen LogP contribution >= 0.6 is 0 Å². The van der Waals surface area contributed by atoms with Gasteiger partial charge in [0, 0.05) is 0 Å². The van der Waals surface area contributed by atoms with Crippen LogP contribution in [0.25, 0.3) is 0 Å². The molecule has 0 nitrogen and oxygen atoms in total. The zero-order chi connectivity index (χ0) is 13.7. The van der Waals surface area contributed by atoms with Crippen molar-refractivity contribution < 1.29 is 0 Å². The largest absolute Gasteiger partial charge is 0.0991 e. The van der Waals surface area contributed by atoms with Crippen molar-refractivity contribution >= 4 is 0 Å². The minimum atomic E-state index is 0.837. The molecule has 0 aromatic rings. The number of hydrogen-bond acceptors (Lipinski definition) is 0. The lowest BCUT2D eigenvalue weighted by Gasteiger charge is -2.09. The Morgan fingerprint density at radius 2 is 1.71 bits per heavy atom. The SMILES string of the molecule is C=C/C=C1/CC(C)CCC/C1=C/C.CC.CC. The molecule has 1 aliphatic rings. The molecule has 0 aliphatic heterocycles. The van der Waals surface area contributed by atoms with E-state index in [9.17, 15) is 0 Å². The predicted octanol–water partition coefficient (Wildman–Crippen LogP) is 6.31.